The molecular weight excluding hydrogens is 342 g/mol. The molecule has 0 spiro atoms. The Bertz CT molecular complexity index is 798. The molecule has 3 heterocycles. The molecule has 4 rings (SSSR count). The third kappa shape index (κ3) is 4.33. The largest absolute Gasteiger partial charge is 0.378 e. The van der Waals surface area contributed by atoms with Crippen molar-refractivity contribution in [2.75, 3.05) is 54.6 Å². The lowest BCUT2D eigenvalue weighted by Crippen LogP contribution is -2.38. The van der Waals surface area contributed by atoms with E-state index < -0.39 is 0 Å². The average molecular weight is 367 g/mol. The minimum Gasteiger partial charge on any atom is -0.378 e. The second-order valence-electron chi connectivity index (χ2n) is 6.78. The van der Waals surface area contributed by atoms with Gasteiger partial charge in [-0.1, -0.05) is 24.3 Å². The van der Waals surface area contributed by atoms with Crippen molar-refractivity contribution in [2.24, 2.45) is 5.10 Å². The number of hydrogen-bond acceptors (Lipinski definition) is 8. The maximum absolute atomic E-state index is 5.44. The van der Waals surface area contributed by atoms with Gasteiger partial charge >= 0.3 is 0 Å². The van der Waals surface area contributed by atoms with Crippen LogP contribution in [0.25, 0.3) is 0 Å². The molecule has 0 bridgehead atoms. The molecule has 2 fully saturated rings. The monoisotopic (exact) mass is 367 g/mol. The number of nitrogens with zero attached hydrogens (tertiary/aromatic N) is 6. The van der Waals surface area contributed by atoms with Gasteiger partial charge in [0.2, 0.25) is 17.8 Å². The summed E-state index contributed by atoms with van der Waals surface area (Å²) in [6.45, 7) is 6.99. The number of benzene rings is 1. The van der Waals surface area contributed by atoms with Crippen molar-refractivity contribution in [3.63, 3.8) is 0 Å². The van der Waals surface area contributed by atoms with Crippen LogP contribution in [0.2, 0.25) is 0 Å². The van der Waals surface area contributed by atoms with E-state index in [4.69, 9.17) is 9.72 Å². The van der Waals surface area contributed by atoms with Crippen LogP contribution >= 0.6 is 0 Å². The Hall–Kier alpha value is -2.74. The Morgan fingerprint density at radius 1 is 0.963 bits per heavy atom. The van der Waals surface area contributed by atoms with Crippen molar-refractivity contribution in [3.05, 3.63) is 35.4 Å². The molecule has 142 valence electrons. The number of rotatable bonds is 5. The van der Waals surface area contributed by atoms with Gasteiger partial charge in [0.05, 0.1) is 19.4 Å². The molecule has 0 radical (unpaired) electrons. The van der Waals surface area contributed by atoms with Crippen LogP contribution in [0.1, 0.15) is 24.0 Å². The summed E-state index contributed by atoms with van der Waals surface area (Å²) in [5.41, 5.74) is 5.22. The number of aromatic nitrogens is 3. The van der Waals surface area contributed by atoms with Crippen LogP contribution in [0, 0.1) is 6.92 Å². The van der Waals surface area contributed by atoms with Crippen molar-refractivity contribution < 1.29 is 4.74 Å². The van der Waals surface area contributed by atoms with Gasteiger partial charge in [-0.3, -0.25) is 0 Å². The lowest BCUT2D eigenvalue weighted by atomic mass is 10.1. The smallest absolute Gasteiger partial charge is 0.250 e. The second-order valence-corrected chi connectivity index (χ2v) is 6.78. The molecule has 2 saturated heterocycles. The molecule has 2 aliphatic rings. The van der Waals surface area contributed by atoms with Crippen LogP contribution in [0.3, 0.4) is 0 Å². The lowest BCUT2D eigenvalue weighted by molar-refractivity contribution is 0.122. The number of aryl methyl sites for hydroxylation is 1. The summed E-state index contributed by atoms with van der Waals surface area (Å²) in [5, 5.41) is 4.34. The first-order valence-corrected chi connectivity index (χ1v) is 9.48. The maximum Gasteiger partial charge on any atom is 0.250 e. The van der Waals surface area contributed by atoms with Gasteiger partial charge in [0.1, 0.15) is 0 Å². The highest BCUT2D eigenvalue weighted by molar-refractivity contribution is 5.81. The van der Waals surface area contributed by atoms with Gasteiger partial charge in [-0.25, -0.2) is 5.43 Å². The molecule has 0 atom stereocenters. The number of morpholine rings is 1. The Balaban J connectivity index is 1.56. The molecule has 0 aliphatic carbocycles. The predicted molar refractivity (Wildman–Crippen MR) is 107 cm³/mol. The van der Waals surface area contributed by atoms with Crippen molar-refractivity contribution in [1.29, 1.82) is 0 Å². The van der Waals surface area contributed by atoms with E-state index in [2.05, 4.69) is 43.3 Å². The van der Waals surface area contributed by atoms with Gasteiger partial charge in [-0.05, 0) is 30.9 Å². The molecule has 2 aromatic rings. The molecule has 8 heteroatoms. The van der Waals surface area contributed by atoms with Gasteiger partial charge in [-0.15, -0.1) is 0 Å². The number of ether oxygens (including phenoxy) is 1. The summed E-state index contributed by atoms with van der Waals surface area (Å²) in [4.78, 5) is 18.2. The number of hydrazone groups is 1. The van der Waals surface area contributed by atoms with E-state index in [-0.39, 0.29) is 0 Å². The summed E-state index contributed by atoms with van der Waals surface area (Å²) >= 11 is 0. The fourth-order valence-corrected chi connectivity index (χ4v) is 3.26. The number of anilines is 3. The van der Waals surface area contributed by atoms with Crippen LogP contribution in [0.4, 0.5) is 17.8 Å². The molecule has 1 N–H and O–H groups in total. The first-order chi connectivity index (χ1) is 13.3. The Morgan fingerprint density at radius 3 is 2.33 bits per heavy atom. The molecule has 0 amide bonds. The highest BCUT2D eigenvalue weighted by atomic mass is 16.5. The van der Waals surface area contributed by atoms with E-state index in [1.165, 1.54) is 18.4 Å². The quantitative estimate of drug-likeness (QED) is 0.640. The Morgan fingerprint density at radius 2 is 1.63 bits per heavy atom. The first kappa shape index (κ1) is 17.7. The fraction of sp³-hybridized carbons (Fsp3) is 0.474. The fourth-order valence-electron chi connectivity index (χ4n) is 3.26. The van der Waals surface area contributed by atoms with E-state index in [0.29, 0.717) is 25.1 Å². The predicted octanol–water partition coefficient (Wildman–Crippen LogP) is 2.06. The summed E-state index contributed by atoms with van der Waals surface area (Å²) in [7, 11) is 0. The first-order valence-electron chi connectivity index (χ1n) is 9.48. The van der Waals surface area contributed by atoms with E-state index >= 15 is 0 Å². The highest BCUT2D eigenvalue weighted by Crippen LogP contribution is 2.21. The average Bonchev–Trinajstić information content (AvgIpc) is 3.25. The van der Waals surface area contributed by atoms with Gasteiger partial charge < -0.3 is 14.5 Å². The zero-order valence-electron chi connectivity index (χ0n) is 15.6. The van der Waals surface area contributed by atoms with Crippen LogP contribution in [-0.2, 0) is 4.74 Å². The summed E-state index contributed by atoms with van der Waals surface area (Å²) in [6.07, 6.45) is 4.14. The second kappa shape index (κ2) is 8.30. The molecular formula is C19H25N7O. The minimum absolute atomic E-state index is 0.471. The maximum atomic E-state index is 5.44. The van der Waals surface area contributed by atoms with Gasteiger partial charge in [-0.2, -0.15) is 20.1 Å². The van der Waals surface area contributed by atoms with Crippen molar-refractivity contribution in [1.82, 2.24) is 15.0 Å². The molecule has 0 unspecified atom stereocenters. The van der Waals surface area contributed by atoms with Crippen molar-refractivity contribution in [2.45, 2.75) is 19.8 Å². The third-order valence-corrected chi connectivity index (χ3v) is 4.85. The molecule has 1 aromatic carbocycles. The molecule has 0 saturated carbocycles. The van der Waals surface area contributed by atoms with E-state index in [0.717, 1.165) is 37.7 Å². The number of nitrogens with one attached hydrogen (secondary N) is 1. The van der Waals surface area contributed by atoms with E-state index in [1.807, 2.05) is 18.2 Å². The topological polar surface area (TPSA) is 78.8 Å². The molecule has 27 heavy (non-hydrogen) atoms. The van der Waals surface area contributed by atoms with Crippen molar-refractivity contribution >= 4 is 24.1 Å². The van der Waals surface area contributed by atoms with E-state index in [9.17, 15) is 0 Å². The third-order valence-electron chi connectivity index (χ3n) is 4.85. The standard InChI is InChI=1S/C19H25N7O/c1-15-6-2-3-7-16(15)14-20-24-17-21-18(25-8-4-5-9-25)23-19(22-17)26-10-12-27-13-11-26/h2-3,6-7,14H,4-5,8-13H2,1H3,(H,21,22,23,24). The normalized spacial score (nSPS) is 17.7. The van der Waals surface area contributed by atoms with Crippen LogP contribution < -0.4 is 15.2 Å². The highest BCUT2D eigenvalue weighted by Gasteiger charge is 2.21. The summed E-state index contributed by atoms with van der Waals surface area (Å²) < 4.78 is 5.44. The number of hydrogen-bond donors (Lipinski definition) is 1. The van der Waals surface area contributed by atoms with Gasteiger partial charge in [0, 0.05) is 26.2 Å². The minimum atomic E-state index is 0.471. The summed E-state index contributed by atoms with van der Waals surface area (Å²) in [6, 6.07) is 8.11. The molecule has 8 nitrogen and oxygen atoms in total. The Labute approximate surface area is 159 Å². The zero-order chi connectivity index (χ0) is 18.5. The Kier molecular flexibility index (Phi) is 5.43. The van der Waals surface area contributed by atoms with E-state index in [1.54, 1.807) is 6.21 Å². The zero-order valence-corrected chi connectivity index (χ0v) is 15.6. The van der Waals surface area contributed by atoms with Crippen LogP contribution in [0.5, 0.6) is 0 Å². The van der Waals surface area contributed by atoms with Crippen LogP contribution in [-0.4, -0.2) is 60.6 Å². The summed E-state index contributed by atoms with van der Waals surface area (Å²) in [5.74, 6) is 1.87. The SMILES string of the molecule is Cc1ccccc1C=NNc1nc(N2CCCC2)nc(N2CCOCC2)n1. The van der Waals surface area contributed by atoms with Crippen molar-refractivity contribution in [3.8, 4) is 0 Å². The van der Waals surface area contributed by atoms with Crippen LogP contribution in [0.15, 0.2) is 29.4 Å². The molecule has 1 aromatic heterocycles. The molecule has 2 aliphatic heterocycles. The lowest BCUT2D eigenvalue weighted by Gasteiger charge is -2.27. The van der Waals surface area contributed by atoms with Gasteiger partial charge in [0.15, 0.2) is 0 Å². The van der Waals surface area contributed by atoms with Gasteiger partial charge in [0.25, 0.3) is 0 Å².